The quantitative estimate of drug-likeness (QED) is 0.649. The lowest BCUT2D eigenvalue weighted by molar-refractivity contribution is 0.570. The zero-order valence-corrected chi connectivity index (χ0v) is 14.2. The smallest absolute Gasteiger partial charge is 0.0421 e. The molecule has 0 unspecified atom stereocenters. The van der Waals surface area contributed by atoms with Crippen LogP contribution in [0.15, 0.2) is 22.7 Å². The molecule has 1 rings (SSSR count). The Balaban J connectivity index is 3.11. The van der Waals surface area contributed by atoms with Crippen LogP contribution in [0.1, 0.15) is 33.3 Å². The minimum Gasteiger partial charge on any atom is -0.369 e. The van der Waals surface area contributed by atoms with Gasteiger partial charge in [0.25, 0.3) is 0 Å². The van der Waals surface area contributed by atoms with Crippen molar-refractivity contribution in [1.29, 1.82) is 0 Å². The molecule has 0 heterocycles. The van der Waals surface area contributed by atoms with Crippen LogP contribution in [-0.4, -0.2) is 12.6 Å². The maximum atomic E-state index is 3.57. The maximum absolute atomic E-state index is 3.57. The fourth-order valence-electron chi connectivity index (χ4n) is 1.90. The molecular formula is C14H21Br2N. The van der Waals surface area contributed by atoms with Crippen molar-refractivity contribution in [2.45, 2.75) is 39.1 Å². The topological polar surface area (TPSA) is 3.24 Å². The second kappa shape index (κ2) is 6.79. The van der Waals surface area contributed by atoms with E-state index in [0.29, 0.717) is 12.0 Å². The Morgan fingerprint density at radius 3 is 2.29 bits per heavy atom. The molecule has 0 aliphatic heterocycles. The van der Waals surface area contributed by atoms with Crippen molar-refractivity contribution in [3.8, 4) is 0 Å². The average molecular weight is 363 g/mol. The third kappa shape index (κ3) is 4.29. The summed E-state index contributed by atoms with van der Waals surface area (Å²) in [6.45, 7) is 10.1. The Bertz CT molecular complexity index is 361. The van der Waals surface area contributed by atoms with Crippen LogP contribution >= 0.6 is 31.9 Å². The van der Waals surface area contributed by atoms with E-state index in [4.69, 9.17) is 0 Å². The molecule has 0 fully saturated rings. The second-order valence-corrected chi connectivity index (χ2v) is 6.52. The summed E-state index contributed by atoms with van der Waals surface area (Å²) in [6.07, 6.45) is 0. The van der Waals surface area contributed by atoms with Gasteiger partial charge in [0.15, 0.2) is 0 Å². The van der Waals surface area contributed by atoms with Gasteiger partial charge in [0.1, 0.15) is 0 Å². The van der Waals surface area contributed by atoms with Crippen LogP contribution in [0.5, 0.6) is 0 Å². The van der Waals surface area contributed by atoms with Crippen LogP contribution in [0.2, 0.25) is 0 Å². The van der Waals surface area contributed by atoms with E-state index in [1.807, 2.05) is 0 Å². The van der Waals surface area contributed by atoms with Crippen molar-refractivity contribution in [3.05, 3.63) is 28.2 Å². The van der Waals surface area contributed by atoms with Gasteiger partial charge in [-0.05, 0) is 37.5 Å². The Morgan fingerprint density at radius 2 is 1.82 bits per heavy atom. The summed E-state index contributed by atoms with van der Waals surface area (Å²) in [6, 6.07) is 7.03. The lowest BCUT2D eigenvalue weighted by Gasteiger charge is -2.32. The first-order valence-electron chi connectivity index (χ1n) is 6.06. The molecule has 0 N–H and O–H groups in total. The summed E-state index contributed by atoms with van der Waals surface area (Å²) >= 11 is 7.14. The van der Waals surface area contributed by atoms with Gasteiger partial charge in [0.05, 0.1) is 0 Å². The minimum atomic E-state index is 0.518. The first kappa shape index (κ1) is 15.0. The minimum absolute atomic E-state index is 0.518. The first-order valence-corrected chi connectivity index (χ1v) is 7.98. The molecule has 0 aliphatic rings. The summed E-state index contributed by atoms with van der Waals surface area (Å²) < 4.78 is 1.15. The number of rotatable bonds is 5. The number of hydrogen-bond acceptors (Lipinski definition) is 1. The molecule has 17 heavy (non-hydrogen) atoms. The molecule has 0 amide bonds. The molecule has 0 aromatic heterocycles. The van der Waals surface area contributed by atoms with Crippen LogP contribution in [0.4, 0.5) is 5.69 Å². The second-order valence-electron chi connectivity index (χ2n) is 5.05. The predicted molar refractivity (Wildman–Crippen MR) is 84.1 cm³/mol. The van der Waals surface area contributed by atoms with Crippen molar-refractivity contribution in [2.24, 2.45) is 5.92 Å². The van der Waals surface area contributed by atoms with Crippen LogP contribution in [0.25, 0.3) is 0 Å². The van der Waals surface area contributed by atoms with Crippen molar-refractivity contribution in [1.82, 2.24) is 0 Å². The first-order chi connectivity index (χ1) is 7.95. The van der Waals surface area contributed by atoms with E-state index in [0.717, 1.165) is 16.3 Å². The Kier molecular flexibility index (Phi) is 6.01. The fourth-order valence-corrected chi connectivity index (χ4v) is 2.72. The van der Waals surface area contributed by atoms with E-state index >= 15 is 0 Å². The summed E-state index contributed by atoms with van der Waals surface area (Å²) in [5.74, 6) is 0.666. The average Bonchev–Trinajstić information content (AvgIpc) is 2.25. The lowest BCUT2D eigenvalue weighted by Crippen LogP contribution is -2.34. The van der Waals surface area contributed by atoms with Gasteiger partial charge in [-0.25, -0.2) is 0 Å². The standard InChI is InChI=1S/C14H21Br2N/c1-10(2)9-17(11(3)4)14-7-13(16)6-5-12(14)8-15/h5-7,10-11H,8-9H2,1-4H3. The summed E-state index contributed by atoms with van der Waals surface area (Å²) in [5.41, 5.74) is 2.68. The number of alkyl halides is 1. The number of hydrogen-bond donors (Lipinski definition) is 0. The van der Waals surface area contributed by atoms with Gasteiger partial charge in [0.2, 0.25) is 0 Å². The van der Waals surface area contributed by atoms with E-state index in [-0.39, 0.29) is 0 Å². The number of halogens is 2. The van der Waals surface area contributed by atoms with Gasteiger partial charge in [-0.1, -0.05) is 51.8 Å². The van der Waals surface area contributed by atoms with Crippen molar-refractivity contribution in [3.63, 3.8) is 0 Å². The molecule has 1 nitrogen and oxygen atoms in total. The Morgan fingerprint density at radius 1 is 1.18 bits per heavy atom. The molecule has 0 atom stereocenters. The zero-order chi connectivity index (χ0) is 13.0. The zero-order valence-electron chi connectivity index (χ0n) is 11.0. The highest BCUT2D eigenvalue weighted by Gasteiger charge is 2.15. The van der Waals surface area contributed by atoms with Crippen LogP contribution in [0, 0.1) is 5.92 Å². The molecule has 1 aromatic carbocycles. The third-order valence-electron chi connectivity index (χ3n) is 2.69. The van der Waals surface area contributed by atoms with Crippen molar-refractivity contribution >= 4 is 37.5 Å². The van der Waals surface area contributed by atoms with Crippen LogP contribution in [-0.2, 0) is 5.33 Å². The molecule has 0 aliphatic carbocycles. The fraction of sp³-hybridized carbons (Fsp3) is 0.571. The van der Waals surface area contributed by atoms with Gasteiger partial charge in [-0.15, -0.1) is 0 Å². The molecule has 3 heteroatoms. The normalized spacial score (nSPS) is 11.3. The third-order valence-corrected chi connectivity index (χ3v) is 3.78. The highest BCUT2D eigenvalue weighted by atomic mass is 79.9. The largest absolute Gasteiger partial charge is 0.369 e. The molecule has 0 saturated heterocycles. The Hall–Kier alpha value is -0.0200. The highest BCUT2D eigenvalue weighted by Crippen LogP contribution is 2.29. The molecule has 0 saturated carbocycles. The summed E-state index contributed by atoms with van der Waals surface area (Å²) in [7, 11) is 0. The van der Waals surface area contributed by atoms with E-state index in [1.165, 1.54) is 11.3 Å². The lowest BCUT2D eigenvalue weighted by atomic mass is 10.1. The summed E-state index contributed by atoms with van der Waals surface area (Å²) in [5, 5.41) is 0.900. The van der Waals surface area contributed by atoms with Gasteiger partial charge >= 0.3 is 0 Å². The van der Waals surface area contributed by atoms with E-state index in [1.54, 1.807) is 0 Å². The maximum Gasteiger partial charge on any atom is 0.0421 e. The summed E-state index contributed by atoms with van der Waals surface area (Å²) in [4.78, 5) is 2.48. The highest BCUT2D eigenvalue weighted by molar-refractivity contribution is 9.10. The molecule has 1 aromatic rings. The van der Waals surface area contributed by atoms with Crippen molar-refractivity contribution in [2.75, 3.05) is 11.4 Å². The predicted octanol–water partition coefficient (Wildman–Crippen LogP) is 5.21. The van der Waals surface area contributed by atoms with Gasteiger partial charge < -0.3 is 4.90 Å². The van der Waals surface area contributed by atoms with Crippen LogP contribution < -0.4 is 4.90 Å². The molecular weight excluding hydrogens is 342 g/mol. The van der Waals surface area contributed by atoms with E-state index < -0.39 is 0 Å². The SMILES string of the molecule is CC(C)CN(c1cc(Br)ccc1CBr)C(C)C. The van der Waals surface area contributed by atoms with E-state index in [9.17, 15) is 0 Å². The van der Waals surface area contributed by atoms with E-state index in [2.05, 4.69) is 82.7 Å². The van der Waals surface area contributed by atoms with Crippen LogP contribution in [0.3, 0.4) is 0 Å². The van der Waals surface area contributed by atoms with Gasteiger partial charge in [-0.3, -0.25) is 0 Å². The molecule has 0 spiro atoms. The number of benzene rings is 1. The molecule has 96 valence electrons. The van der Waals surface area contributed by atoms with Gasteiger partial charge in [-0.2, -0.15) is 0 Å². The van der Waals surface area contributed by atoms with Gasteiger partial charge in [0, 0.05) is 28.1 Å². The molecule has 0 bridgehead atoms. The molecule has 0 radical (unpaired) electrons. The van der Waals surface area contributed by atoms with Crippen molar-refractivity contribution < 1.29 is 0 Å². The Labute approximate surface area is 122 Å². The number of anilines is 1. The monoisotopic (exact) mass is 361 g/mol. The number of nitrogens with zero attached hydrogens (tertiary/aromatic N) is 1.